The fourth-order valence-electron chi connectivity index (χ4n) is 5.76. The van der Waals surface area contributed by atoms with Gasteiger partial charge in [0.25, 0.3) is 0 Å². The first-order valence-electron chi connectivity index (χ1n) is 12.0. The van der Waals surface area contributed by atoms with Crippen molar-refractivity contribution in [1.29, 1.82) is 5.26 Å². The standard InChI is InChI=1S/C27H36N2O5/c1-16-21(24(30)31)22(19-11-9-10-18(14-19)15-28)23(25(32)33)27(5,29-16)26(3,4)17(2)34-20-12-7-6-8-13-20/h9-11,14,17,20,22-23,29H,6-8,12-13H2,1-5H3,(H,30,31)(H,32,33). The van der Waals surface area contributed by atoms with Crippen LogP contribution in [0.3, 0.4) is 0 Å². The monoisotopic (exact) mass is 468 g/mol. The molecule has 0 aromatic heterocycles. The van der Waals surface area contributed by atoms with Gasteiger partial charge >= 0.3 is 11.9 Å². The van der Waals surface area contributed by atoms with Crippen molar-refractivity contribution in [3.8, 4) is 6.07 Å². The Labute approximate surface area is 201 Å². The van der Waals surface area contributed by atoms with Crippen molar-refractivity contribution in [3.05, 3.63) is 46.7 Å². The van der Waals surface area contributed by atoms with E-state index in [0.717, 1.165) is 25.7 Å². The van der Waals surface area contributed by atoms with Gasteiger partial charge in [-0.2, -0.15) is 5.26 Å². The predicted octanol–water partition coefficient (Wildman–Crippen LogP) is 4.83. The zero-order chi connectivity index (χ0) is 25.3. The summed E-state index contributed by atoms with van der Waals surface area (Å²) in [5.74, 6) is -4.30. The van der Waals surface area contributed by atoms with Crippen molar-refractivity contribution in [2.45, 2.75) is 90.4 Å². The summed E-state index contributed by atoms with van der Waals surface area (Å²) in [5.41, 5.74) is -0.410. The number of nitrogens with one attached hydrogen (secondary N) is 1. The average molecular weight is 469 g/mol. The molecule has 1 aliphatic carbocycles. The predicted molar refractivity (Wildman–Crippen MR) is 128 cm³/mol. The van der Waals surface area contributed by atoms with Crippen molar-refractivity contribution >= 4 is 11.9 Å². The van der Waals surface area contributed by atoms with E-state index in [0.29, 0.717) is 16.8 Å². The molecule has 1 aromatic carbocycles. The van der Waals surface area contributed by atoms with Crippen molar-refractivity contribution in [2.24, 2.45) is 11.3 Å². The third kappa shape index (κ3) is 4.56. The Balaban J connectivity index is 2.13. The van der Waals surface area contributed by atoms with Crippen LogP contribution in [0.25, 0.3) is 0 Å². The lowest BCUT2D eigenvalue weighted by atomic mass is 9.56. The molecule has 0 spiro atoms. The zero-order valence-corrected chi connectivity index (χ0v) is 20.7. The number of hydrogen-bond acceptors (Lipinski definition) is 5. The molecule has 2 aliphatic rings. The Kier molecular flexibility index (Phi) is 7.42. The van der Waals surface area contributed by atoms with Gasteiger partial charge in [0.05, 0.1) is 40.9 Å². The van der Waals surface area contributed by atoms with Gasteiger partial charge in [-0.15, -0.1) is 0 Å². The summed E-state index contributed by atoms with van der Waals surface area (Å²) in [6.45, 7) is 9.51. The largest absolute Gasteiger partial charge is 0.481 e. The number of rotatable bonds is 7. The van der Waals surface area contributed by atoms with Crippen LogP contribution in [0.1, 0.15) is 83.8 Å². The first-order valence-corrected chi connectivity index (χ1v) is 12.0. The number of nitriles is 1. The van der Waals surface area contributed by atoms with Gasteiger partial charge in [-0.25, -0.2) is 4.79 Å². The number of carboxylic acid groups (broad SMARTS) is 2. The zero-order valence-electron chi connectivity index (χ0n) is 20.7. The Morgan fingerprint density at radius 3 is 2.44 bits per heavy atom. The van der Waals surface area contributed by atoms with E-state index in [9.17, 15) is 25.1 Å². The minimum atomic E-state index is -1.17. The summed E-state index contributed by atoms with van der Waals surface area (Å²) >= 11 is 0. The minimum absolute atomic E-state index is 0.0108. The number of hydrogen-bond donors (Lipinski definition) is 3. The number of allylic oxidation sites excluding steroid dienone is 1. The smallest absolute Gasteiger partial charge is 0.333 e. The van der Waals surface area contributed by atoms with Crippen LogP contribution in [0.4, 0.5) is 0 Å². The van der Waals surface area contributed by atoms with Gasteiger partial charge < -0.3 is 20.3 Å². The Morgan fingerprint density at radius 2 is 1.88 bits per heavy atom. The molecule has 1 aromatic rings. The van der Waals surface area contributed by atoms with Crippen molar-refractivity contribution in [1.82, 2.24) is 5.32 Å². The molecule has 7 heteroatoms. The van der Waals surface area contributed by atoms with Crippen molar-refractivity contribution in [2.75, 3.05) is 0 Å². The first-order chi connectivity index (χ1) is 15.9. The van der Waals surface area contributed by atoms with Crippen LogP contribution >= 0.6 is 0 Å². The highest BCUT2D eigenvalue weighted by Gasteiger charge is 2.59. The fraction of sp³-hybridized carbons (Fsp3) is 0.593. The maximum Gasteiger partial charge on any atom is 0.333 e. The second-order valence-electron chi connectivity index (χ2n) is 10.5. The van der Waals surface area contributed by atoms with Crippen LogP contribution in [-0.2, 0) is 14.3 Å². The molecular formula is C27H36N2O5. The number of benzene rings is 1. The van der Waals surface area contributed by atoms with E-state index in [4.69, 9.17) is 4.74 Å². The maximum atomic E-state index is 12.9. The van der Waals surface area contributed by atoms with Gasteiger partial charge in [-0.1, -0.05) is 45.2 Å². The van der Waals surface area contributed by atoms with E-state index in [-0.39, 0.29) is 17.8 Å². The highest BCUT2D eigenvalue weighted by molar-refractivity contribution is 5.92. The normalized spacial score (nSPS) is 26.9. The molecule has 0 radical (unpaired) electrons. The second kappa shape index (κ2) is 9.79. The highest BCUT2D eigenvalue weighted by atomic mass is 16.5. The molecule has 3 rings (SSSR count). The molecule has 0 amide bonds. The molecule has 7 nitrogen and oxygen atoms in total. The summed E-state index contributed by atoms with van der Waals surface area (Å²) in [5, 5.41) is 33.3. The van der Waals surface area contributed by atoms with Crippen molar-refractivity contribution < 1.29 is 24.5 Å². The minimum Gasteiger partial charge on any atom is -0.481 e. The average Bonchev–Trinajstić information content (AvgIpc) is 2.78. The van der Waals surface area contributed by atoms with Gasteiger partial charge in [0.15, 0.2) is 0 Å². The van der Waals surface area contributed by atoms with Crippen LogP contribution in [-0.4, -0.2) is 39.9 Å². The molecule has 1 heterocycles. The Morgan fingerprint density at radius 1 is 1.24 bits per heavy atom. The summed E-state index contributed by atoms with van der Waals surface area (Å²) in [6, 6.07) is 8.67. The number of carbonyl (C=O) groups is 2. The molecule has 0 bridgehead atoms. The molecule has 3 N–H and O–H groups in total. The lowest BCUT2D eigenvalue weighted by molar-refractivity contribution is -0.156. The Hall–Kier alpha value is -2.85. The topological polar surface area (TPSA) is 120 Å². The number of carboxylic acids is 2. The molecule has 34 heavy (non-hydrogen) atoms. The van der Waals surface area contributed by atoms with Crippen LogP contribution in [0.15, 0.2) is 35.5 Å². The molecule has 1 fully saturated rings. The van der Waals surface area contributed by atoms with Gasteiger partial charge in [-0.05, 0) is 51.3 Å². The van der Waals surface area contributed by atoms with Crippen LogP contribution < -0.4 is 5.32 Å². The quantitative estimate of drug-likeness (QED) is 0.524. The van der Waals surface area contributed by atoms with E-state index in [2.05, 4.69) is 11.4 Å². The third-order valence-electron chi connectivity index (χ3n) is 8.29. The fourth-order valence-corrected chi connectivity index (χ4v) is 5.76. The Bertz CT molecular complexity index is 1020. The summed E-state index contributed by atoms with van der Waals surface area (Å²) in [7, 11) is 0. The second-order valence-corrected chi connectivity index (χ2v) is 10.5. The molecule has 4 atom stereocenters. The maximum absolute atomic E-state index is 12.9. The summed E-state index contributed by atoms with van der Waals surface area (Å²) in [4.78, 5) is 25.2. The van der Waals surface area contributed by atoms with E-state index in [1.807, 2.05) is 27.7 Å². The molecule has 1 aliphatic heterocycles. The molecule has 0 saturated heterocycles. The first kappa shape index (κ1) is 25.8. The SMILES string of the molecule is CC1=C(C(=O)O)C(c2cccc(C#N)c2)C(C(=O)O)C(C)(C(C)(C)C(C)OC2CCCCC2)N1. The lowest BCUT2D eigenvalue weighted by Crippen LogP contribution is -2.67. The van der Waals surface area contributed by atoms with Crippen LogP contribution in [0.2, 0.25) is 0 Å². The number of nitrogens with zero attached hydrogens (tertiary/aromatic N) is 1. The molecule has 4 unspecified atom stereocenters. The van der Waals surface area contributed by atoms with E-state index < -0.39 is 34.7 Å². The van der Waals surface area contributed by atoms with E-state index in [1.54, 1.807) is 31.2 Å². The summed E-state index contributed by atoms with van der Waals surface area (Å²) < 4.78 is 6.48. The van der Waals surface area contributed by atoms with Gasteiger partial charge in [-0.3, -0.25) is 4.79 Å². The van der Waals surface area contributed by atoms with Crippen LogP contribution in [0.5, 0.6) is 0 Å². The van der Waals surface area contributed by atoms with Gasteiger partial charge in [0.2, 0.25) is 0 Å². The lowest BCUT2D eigenvalue weighted by Gasteiger charge is -2.56. The summed E-state index contributed by atoms with van der Waals surface area (Å²) in [6.07, 6.45) is 5.34. The molecule has 184 valence electrons. The van der Waals surface area contributed by atoms with Crippen LogP contribution in [0, 0.1) is 22.7 Å². The van der Waals surface area contributed by atoms with Gasteiger partial charge in [0.1, 0.15) is 0 Å². The highest BCUT2D eigenvalue weighted by Crippen LogP contribution is 2.52. The van der Waals surface area contributed by atoms with Crippen molar-refractivity contribution in [3.63, 3.8) is 0 Å². The third-order valence-corrected chi connectivity index (χ3v) is 8.29. The number of aliphatic carboxylic acids is 2. The van der Waals surface area contributed by atoms with Gasteiger partial charge in [0, 0.05) is 17.0 Å². The molecule has 1 saturated carbocycles. The number of ether oxygens (including phenoxy) is 1. The molecular weight excluding hydrogens is 432 g/mol. The van der Waals surface area contributed by atoms with E-state index >= 15 is 0 Å². The van der Waals surface area contributed by atoms with E-state index in [1.165, 1.54) is 6.42 Å².